The topological polar surface area (TPSA) is 69.0 Å². The number of ether oxygens (including phenoxy) is 1. The lowest BCUT2D eigenvalue weighted by molar-refractivity contribution is -0.116. The summed E-state index contributed by atoms with van der Waals surface area (Å²) in [5, 5.41) is 7.98. The molecule has 0 atom stereocenters. The lowest BCUT2D eigenvalue weighted by Crippen LogP contribution is -2.18. The van der Waals surface area contributed by atoms with Crippen molar-refractivity contribution >= 4 is 23.4 Å². The average molecular weight is 344 g/mol. The molecule has 0 spiro atoms. The zero-order valence-corrected chi connectivity index (χ0v) is 14.2. The highest BCUT2D eigenvalue weighted by Crippen LogP contribution is 2.27. The summed E-state index contributed by atoms with van der Waals surface area (Å²) in [6, 6.07) is 5.82. The van der Waals surface area contributed by atoms with Crippen LogP contribution in [-0.2, 0) is 17.8 Å². The van der Waals surface area contributed by atoms with Gasteiger partial charge in [0.05, 0.1) is 13.2 Å². The Labute approximate surface area is 145 Å². The first-order chi connectivity index (χ1) is 11.7. The van der Waals surface area contributed by atoms with E-state index in [1.807, 2.05) is 18.2 Å². The number of carbonyl (C=O) groups is 1. The third-order valence-corrected chi connectivity index (χ3v) is 4.53. The number of nitrogens with zero attached hydrogens (tertiary/aromatic N) is 3. The number of fused-ring (bicyclic) bond motifs is 1. The van der Waals surface area contributed by atoms with Crippen LogP contribution in [0.1, 0.15) is 18.4 Å². The van der Waals surface area contributed by atoms with Gasteiger partial charge in [0.15, 0.2) is 0 Å². The smallest absolute Gasteiger partial charge is 0.224 e. The van der Waals surface area contributed by atoms with E-state index in [2.05, 4.69) is 22.0 Å². The van der Waals surface area contributed by atoms with Crippen LogP contribution in [-0.4, -0.2) is 33.0 Å². The maximum Gasteiger partial charge on any atom is 0.224 e. The van der Waals surface area contributed by atoms with Crippen LogP contribution in [0.2, 0.25) is 0 Å². The number of aryl methyl sites for hydroxylation is 1. The van der Waals surface area contributed by atoms with Crippen molar-refractivity contribution in [2.75, 3.05) is 17.7 Å². The Morgan fingerprint density at radius 1 is 1.42 bits per heavy atom. The molecule has 1 N–H and O–H groups in total. The van der Waals surface area contributed by atoms with E-state index >= 15 is 0 Å². The molecular weight excluding hydrogens is 324 g/mol. The number of thioether (sulfide) groups is 1. The minimum Gasteiger partial charge on any atom is -0.494 e. The third kappa shape index (κ3) is 4.38. The Balaban J connectivity index is 1.40. The molecule has 0 fully saturated rings. The van der Waals surface area contributed by atoms with Gasteiger partial charge in [-0.15, -0.1) is 11.7 Å². The fourth-order valence-corrected chi connectivity index (χ4v) is 3.15. The first kappa shape index (κ1) is 16.6. The Hall–Kier alpha value is -2.28. The zero-order valence-electron chi connectivity index (χ0n) is 13.4. The molecule has 2 aromatic rings. The molecule has 0 radical (unpaired) electrons. The quantitative estimate of drug-likeness (QED) is 0.453. The van der Waals surface area contributed by atoms with Crippen molar-refractivity contribution in [2.45, 2.75) is 31.0 Å². The predicted octanol–water partition coefficient (Wildman–Crippen LogP) is 2.91. The third-order valence-electron chi connectivity index (χ3n) is 3.59. The van der Waals surface area contributed by atoms with E-state index in [0.29, 0.717) is 19.6 Å². The van der Waals surface area contributed by atoms with Crippen LogP contribution in [0.5, 0.6) is 5.75 Å². The minimum atomic E-state index is 0.0809. The first-order valence-corrected chi connectivity index (χ1v) is 8.92. The number of carbonyl (C=O) groups excluding carboxylic acids is 1. The van der Waals surface area contributed by atoms with Crippen LogP contribution in [0.25, 0.3) is 0 Å². The summed E-state index contributed by atoms with van der Waals surface area (Å²) in [5.41, 5.74) is 2.04. The van der Waals surface area contributed by atoms with E-state index in [0.717, 1.165) is 40.8 Å². The van der Waals surface area contributed by atoms with E-state index in [9.17, 15) is 4.79 Å². The molecule has 6 nitrogen and oxygen atoms in total. The van der Waals surface area contributed by atoms with Crippen LogP contribution >= 0.6 is 11.8 Å². The highest BCUT2D eigenvalue weighted by Gasteiger charge is 2.14. The van der Waals surface area contributed by atoms with Crippen molar-refractivity contribution in [2.24, 2.45) is 0 Å². The average Bonchev–Trinajstić information content (AvgIpc) is 3.02. The van der Waals surface area contributed by atoms with Crippen LogP contribution in [0, 0.1) is 0 Å². The maximum absolute atomic E-state index is 11.3. The van der Waals surface area contributed by atoms with Gasteiger partial charge < -0.3 is 10.1 Å². The molecule has 24 heavy (non-hydrogen) atoms. The summed E-state index contributed by atoms with van der Waals surface area (Å²) in [7, 11) is 0. The molecule has 2 heterocycles. The SMILES string of the molecule is C=CCn1cnc(SCCCOc2ccc3c(c2)CCC(=O)N3)n1. The van der Waals surface area contributed by atoms with Crippen molar-refractivity contribution in [3.05, 3.63) is 42.7 Å². The van der Waals surface area contributed by atoms with Crippen molar-refractivity contribution < 1.29 is 9.53 Å². The van der Waals surface area contributed by atoms with E-state index < -0.39 is 0 Å². The number of benzene rings is 1. The predicted molar refractivity (Wildman–Crippen MR) is 94.4 cm³/mol. The van der Waals surface area contributed by atoms with E-state index in [1.54, 1.807) is 28.8 Å². The van der Waals surface area contributed by atoms with Gasteiger partial charge in [-0.3, -0.25) is 4.79 Å². The van der Waals surface area contributed by atoms with E-state index in [1.165, 1.54) is 0 Å². The Morgan fingerprint density at radius 3 is 3.21 bits per heavy atom. The molecule has 3 rings (SSSR count). The standard InChI is InChI=1S/C17H20N4O2S/c1-2-8-21-12-18-17(20-21)24-10-3-9-23-14-5-6-15-13(11-14)4-7-16(22)19-15/h2,5-6,11-12H,1,3-4,7-10H2,(H,19,22). The van der Waals surface area contributed by atoms with Gasteiger partial charge >= 0.3 is 0 Å². The molecular formula is C17H20N4O2S. The highest BCUT2D eigenvalue weighted by molar-refractivity contribution is 7.99. The number of hydrogen-bond donors (Lipinski definition) is 1. The number of hydrogen-bond acceptors (Lipinski definition) is 5. The molecule has 126 valence electrons. The molecule has 0 bridgehead atoms. The summed E-state index contributed by atoms with van der Waals surface area (Å²) in [4.78, 5) is 15.6. The molecule has 0 aliphatic carbocycles. The van der Waals surface area contributed by atoms with Crippen molar-refractivity contribution in [1.29, 1.82) is 0 Å². The molecule has 1 aromatic heterocycles. The summed E-state index contributed by atoms with van der Waals surface area (Å²) in [5.74, 6) is 1.83. The van der Waals surface area contributed by atoms with Gasteiger partial charge in [-0.25, -0.2) is 9.67 Å². The molecule has 1 amide bonds. The largest absolute Gasteiger partial charge is 0.494 e. The van der Waals surface area contributed by atoms with Gasteiger partial charge in [0.1, 0.15) is 12.1 Å². The Bertz CT molecular complexity index is 729. The second kappa shape index (κ2) is 8.01. The summed E-state index contributed by atoms with van der Waals surface area (Å²) < 4.78 is 7.56. The van der Waals surface area contributed by atoms with Gasteiger partial charge in [-0.1, -0.05) is 17.8 Å². The first-order valence-electron chi connectivity index (χ1n) is 7.93. The van der Waals surface area contributed by atoms with Gasteiger partial charge in [0.2, 0.25) is 11.1 Å². The van der Waals surface area contributed by atoms with Gasteiger partial charge in [-0.2, -0.15) is 0 Å². The second-order valence-electron chi connectivity index (χ2n) is 5.46. The molecule has 1 aliphatic rings. The molecule has 1 aromatic carbocycles. The molecule has 0 saturated carbocycles. The van der Waals surface area contributed by atoms with Gasteiger partial charge in [0, 0.05) is 17.9 Å². The number of anilines is 1. The number of amides is 1. The van der Waals surface area contributed by atoms with E-state index in [4.69, 9.17) is 4.74 Å². The van der Waals surface area contributed by atoms with Crippen molar-refractivity contribution in [3.63, 3.8) is 0 Å². The maximum atomic E-state index is 11.3. The molecule has 7 heteroatoms. The van der Waals surface area contributed by atoms with Gasteiger partial charge in [0.25, 0.3) is 0 Å². The van der Waals surface area contributed by atoms with E-state index in [-0.39, 0.29) is 5.91 Å². The minimum absolute atomic E-state index is 0.0809. The number of aromatic nitrogens is 3. The van der Waals surface area contributed by atoms with Crippen LogP contribution < -0.4 is 10.1 Å². The summed E-state index contributed by atoms with van der Waals surface area (Å²) in [6.45, 7) is 5.00. The fourth-order valence-electron chi connectivity index (χ4n) is 2.43. The molecule has 1 aliphatic heterocycles. The molecule has 0 saturated heterocycles. The second-order valence-corrected chi connectivity index (χ2v) is 6.52. The monoisotopic (exact) mass is 344 g/mol. The highest BCUT2D eigenvalue weighted by atomic mass is 32.2. The van der Waals surface area contributed by atoms with Crippen molar-refractivity contribution in [3.8, 4) is 5.75 Å². The normalized spacial score (nSPS) is 13.2. The zero-order chi connectivity index (χ0) is 16.8. The Kier molecular flexibility index (Phi) is 5.53. The number of nitrogens with one attached hydrogen (secondary N) is 1. The number of allylic oxidation sites excluding steroid dienone is 1. The van der Waals surface area contributed by atoms with Crippen molar-refractivity contribution in [1.82, 2.24) is 14.8 Å². The summed E-state index contributed by atoms with van der Waals surface area (Å²) >= 11 is 1.62. The lowest BCUT2D eigenvalue weighted by Gasteiger charge is -2.17. The fraction of sp³-hybridized carbons (Fsp3) is 0.353. The Morgan fingerprint density at radius 2 is 2.33 bits per heavy atom. The molecule has 0 unspecified atom stereocenters. The van der Waals surface area contributed by atoms with Crippen LogP contribution in [0.15, 0.2) is 42.3 Å². The summed E-state index contributed by atoms with van der Waals surface area (Å²) in [6.07, 6.45) is 5.73. The number of rotatable bonds is 8. The van der Waals surface area contributed by atoms with Crippen LogP contribution in [0.3, 0.4) is 0 Å². The van der Waals surface area contributed by atoms with Crippen LogP contribution in [0.4, 0.5) is 5.69 Å². The lowest BCUT2D eigenvalue weighted by atomic mass is 10.0. The van der Waals surface area contributed by atoms with Gasteiger partial charge in [-0.05, 0) is 36.6 Å².